The summed E-state index contributed by atoms with van der Waals surface area (Å²) in [6.07, 6.45) is 0. The number of nitrogens with zero attached hydrogens (tertiary/aromatic N) is 1. The fourth-order valence-electron chi connectivity index (χ4n) is 2.61. The van der Waals surface area contributed by atoms with Gasteiger partial charge in [-0.1, -0.05) is 20.8 Å². The van der Waals surface area contributed by atoms with Crippen molar-refractivity contribution in [3.05, 3.63) is 29.5 Å². The summed E-state index contributed by atoms with van der Waals surface area (Å²) in [7, 11) is 3.91. The van der Waals surface area contributed by atoms with E-state index in [2.05, 4.69) is 5.32 Å². The van der Waals surface area contributed by atoms with Crippen LogP contribution < -0.4 is 15.0 Å². The highest BCUT2D eigenvalue weighted by molar-refractivity contribution is 6.03. The molecule has 0 bridgehead atoms. The summed E-state index contributed by atoms with van der Waals surface area (Å²) in [6.45, 7) is 5.34. The van der Waals surface area contributed by atoms with E-state index < -0.39 is 17.4 Å². The van der Waals surface area contributed by atoms with Crippen LogP contribution in [0.3, 0.4) is 0 Å². The second kappa shape index (κ2) is 8.95. The monoisotopic (exact) mass is 406 g/mol. The number of amides is 1. The van der Waals surface area contributed by atoms with Gasteiger partial charge in [0, 0.05) is 17.2 Å². The summed E-state index contributed by atoms with van der Waals surface area (Å²) in [4.78, 5) is 38.3. The van der Waals surface area contributed by atoms with Crippen LogP contribution in [0.1, 0.15) is 20.8 Å². The van der Waals surface area contributed by atoms with Gasteiger partial charge in [0.25, 0.3) is 0 Å². The van der Waals surface area contributed by atoms with E-state index in [9.17, 15) is 14.4 Å². The van der Waals surface area contributed by atoms with Gasteiger partial charge in [-0.2, -0.15) is 0 Å². The maximum absolute atomic E-state index is 12.4. The number of carbonyl (C=O) groups excluding carboxylic acids is 3. The van der Waals surface area contributed by atoms with E-state index in [-0.39, 0.29) is 30.5 Å². The average molecular weight is 406 g/mol. The lowest BCUT2D eigenvalue weighted by atomic mass is 9.95. The molecule has 0 radical (unpaired) electrons. The first kappa shape index (κ1) is 22.2. The molecule has 0 fully saturated rings. The minimum Gasteiger partial charge on any atom is -0.494 e. The molecule has 0 saturated carbocycles. The van der Waals surface area contributed by atoms with Crippen molar-refractivity contribution >= 4 is 29.2 Å². The van der Waals surface area contributed by atoms with Gasteiger partial charge in [-0.05, 0) is 12.1 Å². The van der Waals surface area contributed by atoms with Crippen LogP contribution in [0.2, 0.25) is 0 Å². The van der Waals surface area contributed by atoms with Gasteiger partial charge in [-0.3, -0.25) is 4.79 Å². The smallest absolute Gasteiger partial charge is 0.355 e. The minimum absolute atomic E-state index is 0.0157. The maximum Gasteiger partial charge on any atom is 0.355 e. The molecular formula is C20H26N2O7. The number of nitrogens with one attached hydrogen (secondary N) is 1. The quantitative estimate of drug-likeness (QED) is 0.742. The fourth-order valence-corrected chi connectivity index (χ4v) is 2.61. The van der Waals surface area contributed by atoms with Gasteiger partial charge in [0.05, 0.1) is 39.2 Å². The van der Waals surface area contributed by atoms with E-state index in [1.54, 1.807) is 39.0 Å². The maximum atomic E-state index is 12.4. The first-order valence-corrected chi connectivity index (χ1v) is 8.88. The summed E-state index contributed by atoms with van der Waals surface area (Å²) in [5.41, 5.74) is 0.484. The molecule has 1 aliphatic heterocycles. The Balaban J connectivity index is 2.48. The molecule has 1 aromatic rings. The van der Waals surface area contributed by atoms with Gasteiger partial charge in [0.2, 0.25) is 5.91 Å². The Morgan fingerprint density at radius 1 is 1.07 bits per heavy atom. The predicted molar refractivity (Wildman–Crippen MR) is 105 cm³/mol. The Kier molecular flexibility index (Phi) is 6.86. The molecule has 0 spiro atoms. The lowest BCUT2D eigenvalue weighted by Crippen LogP contribution is -2.38. The first-order valence-electron chi connectivity index (χ1n) is 8.88. The van der Waals surface area contributed by atoms with Crippen molar-refractivity contribution in [1.82, 2.24) is 0 Å². The Hall–Kier alpha value is -3.07. The average Bonchev–Trinajstić information content (AvgIpc) is 2.71. The lowest BCUT2D eigenvalue weighted by Gasteiger charge is -2.31. The molecule has 9 nitrogen and oxygen atoms in total. The molecule has 1 aromatic carbocycles. The Labute approximate surface area is 169 Å². The summed E-state index contributed by atoms with van der Waals surface area (Å²) in [5, 5.41) is 2.82. The standard InChI is InChI=1S/C20H26N2O7/c1-20(2,3)19(25)21-14-8-7-12(9-15(14)26-4)22-11-29-10-13(17(23)27-5)16(22)18(24)28-6/h7-9H,10-11H2,1-6H3,(H,21,25). The summed E-state index contributed by atoms with van der Waals surface area (Å²) >= 11 is 0. The molecule has 0 atom stereocenters. The van der Waals surface area contributed by atoms with Crippen LogP contribution in [0.15, 0.2) is 29.5 Å². The molecular weight excluding hydrogens is 380 g/mol. The number of benzene rings is 1. The summed E-state index contributed by atoms with van der Waals surface area (Å²) in [6, 6.07) is 4.96. The molecule has 0 aromatic heterocycles. The highest BCUT2D eigenvalue weighted by Gasteiger charge is 2.33. The Bertz CT molecular complexity index is 840. The van der Waals surface area contributed by atoms with Gasteiger partial charge >= 0.3 is 11.9 Å². The molecule has 1 N–H and O–H groups in total. The second-order valence-electron chi connectivity index (χ2n) is 7.30. The Morgan fingerprint density at radius 2 is 1.72 bits per heavy atom. The van der Waals surface area contributed by atoms with Crippen molar-refractivity contribution < 1.29 is 33.3 Å². The number of anilines is 2. The second-order valence-corrected chi connectivity index (χ2v) is 7.30. The number of ether oxygens (including phenoxy) is 4. The molecule has 29 heavy (non-hydrogen) atoms. The van der Waals surface area contributed by atoms with Crippen molar-refractivity contribution in [2.75, 3.05) is 44.9 Å². The molecule has 1 aliphatic rings. The lowest BCUT2D eigenvalue weighted by molar-refractivity contribution is -0.140. The summed E-state index contributed by atoms with van der Waals surface area (Å²) in [5.74, 6) is -1.17. The van der Waals surface area contributed by atoms with Crippen LogP contribution >= 0.6 is 0 Å². The van der Waals surface area contributed by atoms with Crippen molar-refractivity contribution in [1.29, 1.82) is 0 Å². The fraction of sp³-hybridized carbons (Fsp3) is 0.450. The van der Waals surface area contributed by atoms with E-state index in [4.69, 9.17) is 18.9 Å². The molecule has 9 heteroatoms. The third kappa shape index (κ3) is 4.86. The van der Waals surface area contributed by atoms with Crippen molar-refractivity contribution in [3.8, 4) is 5.75 Å². The largest absolute Gasteiger partial charge is 0.494 e. The Morgan fingerprint density at radius 3 is 2.28 bits per heavy atom. The number of esters is 2. The zero-order chi connectivity index (χ0) is 21.8. The SMILES string of the molecule is COC(=O)C1=C(C(=O)OC)N(c2ccc(NC(=O)C(C)(C)C)c(OC)c2)COC1. The van der Waals surface area contributed by atoms with E-state index in [1.165, 1.54) is 26.2 Å². The van der Waals surface area contributed by atoms with Gasteiger partial charge in [0.1, 0.15) is 18.2 Å². The highest BCUT2D eigenvalue weighted by Crippen LogP contribution is 2.34. The van der Waals surface area contributed by atoms with E-state index in [0.717, 1.165) is 0 Å². The van der Waals surface area contributed by atoms with E-state index in [1.807, 2.05) is 0 Å². The van der Waals surface area contributed by atoms with Crippen LogP contribution in [0.5, 0.6) is 5.75 Å². The van der Waals surface area contributed by atoms with Crippen molar-refractivity contribution in [2.45, 2.75) is 20.8 Å². The van der Waals surface area contributed by atoms with Crippen LogP contribution in [0.4, 0.5) is 11.4 Å². The van der Waals surface area contributed by atoms with Crippen molar-refractivity contribution in [2.24, 2.45) is 5.41 Å². The predicted octanol–water partition coefficient (Wildman–Crippen LogP) is 2.07. The highest BCUT2D eigenvalue weighted by atomic mass is 16.5. The number of methoxy groups -OCH3 is 3. The number of carbonyl (C=O) groups is 3. The van der Waals surface area contributed by atoms with Crippen LogP contribution in [0, 0.1) is 5.41 Å². The third-order valence-electron chi connectivity index (χ3n) is 4.26. The molecule has 158 valence electrons. The normalized spacial score (nSPS) is 14.3. The molecule has 0 saturated heterocycles. The molecule has 1 heterocycles. The molecule has 1 amide bonds. The third-order valence-corrected chi connectivity index (χ3v) is 4.26. The number of hydrogen-bond acceptors (Lipinski definition) is 8. The first-order chi connectivity index (χ1) is 13.6. The molecule has 0 unspecified atom stereocenters. The minimum atomic E-state index is -0.697. The molecule has 2 rings (SSSR count). The van der Waals surface area contributed by atoms with Crippen LogP contribution in [0.25, 0.3) is 0 Å². The van der Waals surface area contributed by atoms with Crippen LogP contribution in [-0.2, 0) is 28.6 Å². The number of hydrogen-bond donors (Lipinski definition) is 1. The zero-order valence-corrected chi connectivity index (χ0v) is 17.5. The van der Waals surface area contributed by atoms with Gasteiger partial charge < -0.3 is 29.2 Å². The van der Waals surface area contributed by atoms with E-state index >= 15 is 0 Å². The van der Waals surface area contributed by atoms with Crippen LogP contribution in [-0.4, -0.2) is 52.5 Å². The zero-order valence-electron chi connectivity index (χ0n) is 17.5. The summed E-state index contributed by atoms with van der Waals surface area (Å²) < 4.78 is 20.5. The van der Waals surface area contributed by atoms with E-state index in [0.29, 0.717) is 17.1 Å². The topological polar surface area (TPSA) is 103 Å². The van der Waals surface area contributed by atoms with Gasteiger partial charge in [-0.25, -0.2) is 9.59 Å². The van der Waals surface area contributed by atoms with Gasteiger partial charge in [0.15, 0.2) is 0 Å². The van der Waals surface area contributed by atoms with Crippen molar-refractivity contribution in [3.63, 3.8) is 0 Å². The van der Waals surface area contributed by atoms with Gasteiger partial charge in [-0.15, -0.1) is 0 Å². The number of rotatable bonds is 5. The molecule has 0 aliphatic carbocycles.